The molecule has 0 amide bonds. The van der Waals surface area contributed by atoms with Gasteiger partial charge < -0.3 is 19.0 Å². The van der Waals surface area contributed by atoms with Gasteiger partial charge in [0, 0.05) is 24.1 Å². The summed E-state index contributed by atoms with van der Waals surface area (Å²) in [6.45, 7) is 1.93. The van der Waals surface area contributed by atoms with Crippen LogP contribution in [0.3, 0.4) is 0 Å². The molecule has 2 aromatic heterocycles. The molecule has 20 heavy (non-hydrogen) atoms. The number of furan rings is 1. The van der Waals surface area contributed by atoms with Gasteiger partial charge in [-0.15, -0.1) is 0 Å². The fraction of sp³-hybridized carbons (Fsp3) is 0.133. The molecule has 0 saturated heterocycles. The normalized spacial score (nSPS) is 9.10. The molecule has 0 aliphatic heterocycles. The summed E-state index contributed by atoms with van der Waals surface area (Å²) in [5.41, 5.74) is 0.337. The predicted octanol–water partition coefficient (Wildman–Crippen LogP) is 2.78. The number of benzene rings is 1. The molecule has 0 spiro atoms. The minimum absolute atomic E-state index is 0.0324. The van der Waals surface area contributed by atoms with Crippen molar-refractivity contribution in [2.75, 3.05) is 6.61 Å². The van der Waals surface area contributed by atoms with E-state index in [1.165, 1.54) is 18.4 Å². The van der Waals surface area contributed by atoms with E-state index in [1.54, 1.807) is 25.1 Å². The Morgan fingerprint density at radius 3 is 2.30 bits per heavy atom. The molecule has 3 aromatic rings. The number of hydrogen-bond acceptors (Lipinski definition) is 5. The zero-order chi connectivity index (χ0) is 14.8. The quantitative estimate of drug-likeness (QED) is 0.617. The molecule has 0 saturated carbocycles. The van der Waals surface area contributed by atoms with Crippen LogP contribution in [0.25, 0.3) is 11.0 Å². The summed E-state index contributed by atoms with van der Waals surface area (Å²) in [6, 6.07) is 13.7. The highest BCUT2D eigenvalue weighted by atomic mass is 16.5. The monoisotopic (exact) mass is 276 g/mol. The number of fused-ring (bicyclic) bond motifs is 1. The Labute approximate surface area is 115 Å². The zero-order valence-corrected chi connectivity index (χ0v) is 11.0. The molecule has 0 radical (unpaired) electrons. The number of rotatable bonds is 0. The predicted molar refractivity (Wildman–Crippen MR) is 75.6 cm³/mol. The van der Waals surface area contributed by atoms with Crippen molar-refractivity contribution >= 4 is 11.0 Å². The molecule has 3 rings (SSSR count). The summed E-state index contributed by atoms with van der Waals surface area (Å²) in [5, 5.41) is 16.8. The molecule has 106 valence electrons. The second kappa shape index (κ2) is 8.55. The average molecular weight is 276 g/mol. The van der Waals surface area contributed by atoms with E-state index >= 15 is 0 Å². The van der Waals surface area contributed by atoms with E-state index in [9.17, 15) is 4.79 Å². The van der Waals surface area contributed by atoms with Crippen LogP contribution in [0, 0.1) is 0 Å². The van der Waals surface area contributed by atoms with Crippen LogP contribution in [0.15, 0.2) is 68.4 Å². The van der Waals surface area contributed by atoms with Crippen LogP contribution in [0.4, 0.5) is 0 Å². The maximum absolute atomic E-state index is 10.7. The van der Waals surface area contributed by atoms with Gasteiger partial charge in [-0.2, -0.15) is 0 Å². The fourth-order valence-corrected chi connectivity index (χ4v) is 1.28. The van der Waals surface area contributed by atoms with Gasteiger partial charge in [-0.3, -0.25) is 0 Å². The van der Waals surface area contributed by atoms with E-state index < -0.39 is 0 Å². The highest BCUT2D eigenvalue weighted by Crippen LogP contribution is 2.09. The van der Waals surface area contributed by atoms with Crippen molar-refractivity contribution in [2.45, 2.75) is 6.92 Å². The Morgan fingerprint density at radius 2 is 1.75 bits per heavy atom. The first-order valence-electron chi connectivity index (χ1n) is 5.99. The molecule has 0 unspecified atom stereocenters. The Hall–Kier alpha value is -2.53. The maximum Gasteiger partial charge on any atom is 0.336 e. The van der Waals surface area contributed by atoms with Gasteiger partial charge in [-0.25, -0.2) is 4.79 Å². The number of para-hydroxylation sites is 1. The van der Waals surface area contributed by atoms with Crippen molar-refractivity contribution in [3.05, 3.63) is 65.2 Å². The molecule has 0 bridgehead atoms. The maximum atomic E-state index is 10.7. The summed E-state index contributed by atoms with van der Waals surface area (Å²) in [7, 11) is 0. The SMILES string of the molecule is CCO.O=c1ccc2ccccc2o1.Oc1ccco1. The minimum atomic E-state index is -0.302. The molecule has 5 heteroatoms. The van der Waals surface area contributed by atoms with E-state index in [1.807, 2.05) is 18.2 Å². The number of hydrogen-bond donors (Lipinski definition) is 2. The van der Waals surface area contributed by atoms with Gasteiger partial charge in [0.25, 0.3) is 5.95 Å². The van der Waals surface area contributed by atoms with Crippen LogP contribution in [0.1, 0.15) is 6.92 Å². The molecule has 1 aromatic carbocycles. The van der Waals surface area contributed by atoms with E-state index in [0.717, 1.165) is 5.39 Å². The molecule has 2 N–H and O–H groups in total. The van der Waals surface area contributed by atoms with E-state index in [0.29, 0.717) is 5.58 Å². The zero-order valence-electron chi connectivity index (χ0n) is 11.0. The van der Waals surface area contributed by atoms with Crippen LogP contribution < -0.4 is 5.63 Å². The Morgan fingerprint density at radius 1 is 1.05 bits per heavy atom. The lowest BCUT2D eigenvalue weighted by molar-refractivity contribution is 0.318. The highest BCUT2D eigenvalue weighted by molar-refractivity contribution is 5.75. The first-order valence-corrected chi connectivity index (χ1v) is 5.99. The highest BCUT2D eigenvalue weighted by Gasteiger charge is 1.92. The molecule has 2 heterocycles. The van der Waals surface area contributed by atoms with Crippen molar-refractivity contribution < 1.29 is 19.0 Å². The first kappa shape index (κ1) is 15.5. The van der Waals surface area contributed by atoms with Crippen molar-refractivity contribution in [1.82, 2.24) is 0 Å². The molecule has 0 aliphatic rings. The largest absolute Gasteiger partial charge is 0.481 e. The summed E-state index contributed by atoms with van der Waals surface area (Å²) >= 11 is 0. The average Bonchev–Trinajstić information content (AvgIpc) is 2.91. The van der Waals surface area contributed by atoms with Crippen LogP contribution in [-0.2, 0) is 0 Å². The molecule has 0 fully saturated rings. The van der Waals surface area contributed by atoms with Crippen LogP contribution in [-0.4, -0.2) is 16.8 Å². The lowest BCUT2D eigenvalue weighted by Gasteiger charge is -1.91. The second-order valence-electron chi connectivity index (χ2n) is 3.56. The number of aromatic hydroxyl groups is 1. The Balaban J connectivity index is 0.000000188. The fourth-order valence-electron chi connectivity index (χ4n) is 1.28. The molecule has 0 atom stereocenters. The van der Waals surface area contributed by atoms with Gasteiger partial charge in [0.1, 0.15) is 5.58 Å². The topological polar surface area (TPSA) is 83.8 Å². The van der Waals surface area contributed by atoms with Gasteiger partial charge in [-0.1, -0.05) is 18.2 Å². The molecular weight excluding hydrogens is 260 g/mol. The summed E-state index contributed by atoms with van der Waals surface area (Å²) < 4.78 is 9.29. The lowest BCUT2D eigenvalue weighted by atomic mass is 10.2. The smallest absolute Gasteiger partial charge is 0.336 e. The van der Waals surface area contributed by atoms with Crippen LogP contribution in [0.5, 0.6) is 5.95 Å². The van der Waals surface area contributed by atoms with Crippen molar-refractivity contribution in [1.29, 1.82) is 0 Å². The van der Waals surface area contributed by atoms with E-state index in [-0.39, 0.29) is 18.2 Å². The number of aliphatic hydroxyl groups excluding tert-OH is 1. The Bertz CT molecular complexity index is 655. The van der Waals surface area contributed by atoms with Crippen molar-refractivity contribution in [2.24, 2.45) is 0 Å². The summed E-state index contributed by atoms with van der Waals surface area (Å²) in [4.78, 5) is 10.7. The van der Waals surface area contributed by atoms with Crippen LogP contribution in [0.2, 0.25) is 0 Å². The van der Waals surface area contributed by atoms with Gasteiger partial charge in [0.05, 0.1) is 6.26 Å². The summed E-state index contributed by atoms with van der Waals surface area (Å²) in [5.74, 6) is -0.0324. The van der Waals surface area contributed by atoms with E-state index in [2.05, 4.69) is 4.42 Å². The summed E-state index contributed by atoms with van der Waals surface area (Å²) in [6.07, 6.45) is 1.41. The van der Waals surface area contributed by atoms with Gasteiger partial charge in [0.2, 0.25) is 0 Å². The standard InChI is InChI=1S/C9H6O2.C4H4O2.C2H6O/c10-9-6-5-7-3-1-2-4-8(7)11-9;5-4-2-1-3-6-4;1-2-3/h1-6H;1-3,5H;3H,2H2,1H3. The molecular formula is C15H16O5. The number of aliphatic hydroxyl groups is 1. The van der Waals surface area contributed by atoms with Gasteiger partial charge >= 0.3 is 5.63 Å². The molecule has 5 nitrogen and oxygen atoms in total. The van der Waals surface area contributed by atoms with Crippen molar-refractivity contribution in [3.63, 3.8) is 0 Å². The van der Waals surface area contributed by atoms with Gasteiger partial charge in [-0.05, 0) is 25.1 Å². The van der Waals surface area contributed by atoms with Gasteiger partial charge in [0.15, 0.2) is 0 Å². The third-order valence-electron chi connectivity index (χ3n) is 2.03. The minimum Gasteiger partial charge on any atom is -0.481 e. The molecule has 0 aliphatic carbocycles. The first-order chi connectivity index (χ1) is 9.67. The van der Waals surface area contributed by atoms with E-state index in [4.69, 9.17) is 14.6 Å². The third kappa shape index (κ3) is 5.41. The Kier molecular flexibility index (Phi) is 6.64. The third-order valence-corrected chi connectivity index (χ3v) is 2.03. The van der Waals surface area contributed by atoms with Crippen molar-refractivity contribution in [3.8, 4) is 5.95 Å². The second-order valence-corrected chi connectivity index (χ2v) is 3.56. The lowest BCUT2D eigenvalue weighted by Crippen LogP contribution is -1.93. The van der Waals surface area contributed by atoms with Crippen LogP contribution >= 0.6 is 0 Å².